The molecule has 0 aromatic heterocycles. The van der Waals surface area contributed by atoms with E-state index in [0.717, 1.165) is 37.1 Å². The van der Waals surface area contributed by atoms with Gasteiger partial charge in [0.2, 0.25) is 5.91 Å². The Morgan fingerprint density at radius 1 is 1.18 bits per heavy atom. The number of nitrogens with one attached hydrogen (secondary N) is 2. The van der Waals surface area contributed by atoms with Crippen molar-refractivity contribution in [2.24, 2.45) is 5.92 Å². The number of piperidine rings is 1. The zero-order valence-electron chi connectivity index (χ0n) is 13.4. The van der Waals surface area contributed by atoms with Crippen molar-refractivity contribution in [3.8, 4) is 0 Å². The molecular weight excluding hydrogens is 278 g/mol. The standard InChI is InChI=1S/C17H25N3O2/c1-3-10-18-16(21)14-8-11-20(12-9-14)17(22)19-15-6-4-13(2)5-7-15/h4-7,14H,3,8-12H2,1-2H3,(H,18,21)(H,19,22). The summed E-state index contributed by atoms with van der Waals surface area (Å²) in [5, 5.41) is 5.84. The van der Waals surface area contributed by atoms with Crippen molar-refractivity contribution in [1.82, 2.24) is 10.2 Å². The minimum absolute atomic E-state index is 0.0370. The number of benzene rings is 1. The summed E-state index contributed by atoms with van der Waals surface area (Å²) in [4.78, 5) is 25.9. The molecule has 0 radical (unpaired) electrons. The number of amides is 3. The van der Waals surface area contributed by atoms with E-state index in [4.69, 9.17) is 0 Å². The van der Waals surface area contributed by atoms with E-state index in [-0.39, 0.29) is 17.9 Å². The predicted molar refractivity (Wildman–Crippen MR) is 87.8 cm³/mol. The second-order valence-corrected chi connectivity index (χ2v) is 5.85. The van der Waals surface area contributed by atoms with Gasteiger partial charge in [0, 0.05) is 31.2 Å². The van der Waals surface area contributed by atoms with E-state index in [0.29, 0.717) is 13.1 Å². The second kappa shape index (κ2) is 7.82. The third-order valence-electron chi connectivity index (χ3n) is 4.01. The number of hydrogen-bond donors (Lipinski definition) is 2. The van der Waals surface area contributed by atoms with Crippen LogP contribution in [0.25, 0.3) is 0 Å². The number of aryl methyl sites for hydroxylation is 1. The molecule has 5 nitrogen and oxygen atoms in total. The molecule has 1 aliphatic heterocycles. The average molecular weight is 303 g/mol. The molecule has 0 unspecified atom stereocenters. The molecule has 3 amide bonds. The average Bonchev–Trinajstić information content (AvgIpc) is 2.55. The Kier molecular flexibility index (Phi) is 5.81. The molecule has 1 aromatic rings. The van der Waals surface area contributed by atoms with Crippen LogP contribution < -0.4 is 10.6 Å². The van der Waals surface area contributed by atoms with Crippen LogP contribution >= 0.6 is 0 Å². The summed E-state index contributed by atoms with van der Waals surface area (Å²) in [6, 6.07) is 7.66. The molecule has 2 rings (SSSR count). The highest BCUT2D eigenvalue weighted by atomic mass is 16.2. The van der Waals surface area contributed by atoms with Crippen molar-refractivity contribution in [3.05, 3.63) is 29.8 Å². The molecule has 0 spiro atoms. The van der Waals surface area contributed by atoms with Crippen LogP contribution in [0.4, 0.5) is 10.5 Å². The van der Waals surface area contributed by atoms with E-state index in [2.05, 4.69) is 10.6 Å². The van der Waals surface area contributed by atoms with Crippen molar-refractivity contribution in [2.75, 3.05) is 25.0 Å². The van der Waals surface area contributed by atoms with Crippen LogP contribution in [-0.4, -0.2) is 36.5 Å². The Morgan fingerprint density at radius 3 is 2.41 bits per heavy atom. The Labute approximate surface area is 132 Å². The summed E-state index contributed by atoms with van der Waals surface area (Å²) in [6.07, 6.45) is 2.41. The minimum Gasteiger partial charge on any atom is -0.356 e. The molecule has 5 heteroatoms. The lowest BCUT2D eigenvalue weighted by molar-refractivity contribution is -0.126. The van der Waals surface area contributed by atoms with Crippen molar-refractivity contribution < 1.29 is 9.59 Å². The van der Waals surface area contributed by atoms with Crippen molar-refractivity contribution in [3.63, 3.8) is 0 Å². The third kappa shape index (κ3) is 4.48. The van der Waals surface area contributed by atoms with E-state index in [9.17, 15) is 9.59 Å². The highest BCUT2D eigenvalue weighted by Gasteiger charge is 2.27. The Hall–Kier alpha value is -2.04. The van der Waals surface area contributed by atoms with Crippen molar-refractivity contribution in [1.29, 1.82) is 0 Å². The highest BCUT2D eigenvalue weighted by Crippen LogP contribution is 2.18. The van der Waals surface area contributed by atoms with Crippen LogP contribution in [0.15, 0.2) is 24.3 Å². The van der Waals surface area contributed by atoms with Crippen LogP contribution in [0, 0.1) is 12.8 Å². The van der Waals surface area contributed by atoms with Crippen molar-refractivity contribution >= 4 is 17.6 Å². The van der Waals surface area contributed by atoms with Gasteiger partial charge < -0.3 is 15.5 Å². The molecule has 1 saturated heterocycles. The second-order valence-electron chi connectivity index (χ2n) is 5.85. The maximum Gasteiger partial charge on any atom is 0.321 e. The molecular formula is C17H25N3O2. The van der Waals surface area contributed by atoms with Gasteiger partial charge in [0.15, 0.2) is 0 Å². The molecule has 0 bridgehead atoms. The molecule has 120 valence electrons. The van der Waals surface area contributed by atoms with Gasteiger partial charge in [0.25, 0.3) is 0 Å². The van der Waals surface area contributed by atoms with Gasteiger partial charge in [-0.1, -0.05) is 24.6 Å². The van der Waals surface area contributed by atoms with Gasteiger partial charge in [-0.15, -0.1) is 0 Å². The van der Waals surface area contributed by atoms with Crippen LogP contribution in [0.3, 0.4) is 0 Å². The van der Waals surface area contributed by atoms with Gasteiger partial charge in [0.1, 0.15) is 0 Å². The van der Waals surface area contributed by atoms with Crippen LogP contribution in [0.5, 0.6) is 0 Å². The number of urea groups is 1. The lowest BCUT2D eigenvalue weighted by atomic mass is 9.96. The van der Waals surface area contributed by atoms with E-state index < -0.39 is 0 Å². The summed E-state index contributed by atoms with van der Waals surface area (Å²) < 4.78 is 0. The van der Waals surface area contributed by atoms with Gasteiger partial charge >= 0.3 is 6.03 Å². The zero-order chi connectivity index (χ0) is 15.9. The molecule has 0 saturated carbocycles. The first kappa shape index (κ1) is 16.3. The first-order chi connectivity index (χ1) is 10.6. The van der Waals surface area contributed by atoms with E-state index in [1.165, 1.54) is 0 Å². The van der Waals surface area contributed by atoms with E-state index >= 15 is 0 Å². The maximum atomic E-state index is 12.2. The predicted octanol–water partition coefficient (Wildman–Crippen LogP) is 2.77. The van der Waals surface area contributed by atoms with Crippen LogP contribution in [0.1, 0.15) is 31.7 Å². The molecule has 1 aromatic carbocycles. The smallest absolute Gasteiger partial charge is 0.321 e. The number of hydrogen-bond acceptors (Lipinski definition) is 2. The van der Waals surface area contributed by atoms with Crippen LogP contribution in [-0.2, 0) is 4.79 Å². The Bertz CT molecular complexity index is 505. The molecule has 1 heterocycles. The summed E-state index contributed by atoms with van der Waals surface area (Å²) in [5.41, 5.74) is 1.97. The Morgan fingerprint density at radius 2 is 1.82 bits per heavy atom. The van der Waals surface area contributed by atoms with Gasteiger partial charge in [0.05, 0.1) is 0 Å². The number of anilines is 1. The SMILES string of the molecule is CCCNC(=O)C1CCN(C(=O)Nc2ccc(C)cc2)CC1. The van der Waals surface area contributed by atoms with Crippen LogP contribution in [0.2, 0.25) is 0 Å². The lowest BCUT2D eigenvalue weighted by Gasteiger charge is -2.31. The molecule has 22 heavy (non-hydrogen) atoms. The van der Waals surface area contributed by atoms with Gasteiger partial charge in [-0.3, -0.25) is 4.79 Å². The summed E-state index contributed by atoms with van der Waals surface area (Å²) >= 11 is 0. The first-order valence-electron chi connectivity index (χ1n) is 8.00. The quantitative estimate of drug-likeness (QED) is 0.898. The number of nitrogens with zero attached hydrogens (tertiary/aromatic N) is 1. The number of likely N-dealkylation sites (tertiary alicyclic amines) is 1. The van der Waals surface area contributed by atoms with E-state index in [1.807, 2.05) is 38.1 Å². The molecule has 0 aliphatic carbocycles. The fourth-order valence-corrected chi connectivity index (χ4v) is 2.58. The van der Waals surface area contributed by atoms with Crippen molar-refractivity contribution in [2.45, 2.75) is 33.1 Å². The number of rotatable bonds is 4. The van der Waals surface area contributed by atoms with Gasteiger partial charge in [-0.05, 0) is 38.3 Å². The first-order valence-corrected chi connectivity index (χ1v) is 8.00. The highest BCUT2D eigenvalue weighted by molar-refractivity contribution is 5.89. The molecule has 1 aliphatic rings. The number of carbonyl (C=O) groups is 2. The topological polar surface area (TPSA) is 61.4 Å². The fourth-order valence-electron chi connectivity index (χ4n) is 2.58. The molecule has 2 N–H and O–H groups in total. The fraction of sp³-hybridized carbons (Fsp3) is 0.529. The number of carbonyl (C=O) groups excluding carboxylic acids is 2. The lowest BCUT2D eigenvalue weighted by Crippen LogP contribution is -2.44. The van der Waals surface area contributed by atoms with E-state index in [1.54, 1.807) is 4.90 Å². The summed E-state index contributed by atoms with van der Waals surface area (Å²) in [5.74, 6) is 0.162. The van der Waals surface area contributed by atoms with Gasteiger partial charge in [-0.25, -0.2) is 4.79 Å². The maximum absolute atomic E-state index is 12.2. The zero-order valence-corrected chi connectivity index (χ0v) is 13.4. The summed E-state index contributed by atoms with van der Waals surface area (Å²) in [7, 11) is 0. The normalized spacial score (nSPS) is 15.5. The minimum atomic E-state index is -0.0868. The van der Waals surface area contributed by atoms with Gasteiger partial charge in [-0.2, -0.15) is 0 Å². The molecule has 0 atom stereocenters. The summed E-state index contributed by atoms with van der Waals surface area (Å²) in [6.45, 7) is 6.04. The third-order valence-corrected chi connectivity index (χ3v) is 4.01. The monoisotopic (exact) mass is 303 g/mol. The largest absolute Gasteiger partial charge is 0.356 e. The molecule has 1 fully saturated rings. The Balaban J connectivity index is 1.79.